The third-order valence-corrected chi connectivity index (χ3v) is 5.04. The van der Waals surface area contributed by atoms with Gasteiger partial charge in [0.05, 0.1) is 5.41 Å². The zero-order valence-corrected chi connectivity index (χ0v) is 13.4. The Morgan fingerprint density at radius 3 is 2.40 bits per heavy atom. The maximum absolute atomic E-state index is 12.6. The van der Waals surface area contributed by atoms with Gasteiger partial charge in [-0.15, -0.1) is 0 Å². The molecule has 1 saturated heterocycles. The van der Waals surface area contributed by atoms with Crippen molar-refractivity contribution in [2.24, 2.45) is 5.41 Å². The number of carbonyl (C=O) groups excluding carboxylic acids is 1. The zero-order chi connectivity index (χ0) is 15.6. The molecule has 1 fully saturated rings. The number of piperidine rings is 1. The molecular formula is C15H28N2O3. The normalized spacial score (nSPS) is 23.6. The van der Waals surface area contributed by atoms with Crippen molar-refractivity contribution in [1.82, 2.24) is 9.80 Å². The van der Waals surface area contributed by atoms with Crippen molar-refractivity contribution in [3.05, 3.63) is 0 Å². The Kier molecular flexibility index (Phi) is 5.05. The van der Waals surface area contributed by atoms with Crippen molar-refractivity contribution < 1.29 is 14.7 Å². The average Bonchev–Trinajstić information content (AvgIpc) is 2.45. The molecular weight excluding hydrogens is 256 g/mol. The van der Waals surface area contributed by atoms with Gasteiger partial charge in [0.25, 0.3) is 0 Å². The summed E-state index contributed by atoms with van der Waals surface area (Å²) >= 11 is 0. The molecule has 0 radical (unpaired) electrons. The fourth-order valence-electron chi connectivity index (χ4n) is 2.62. The average molecular weight is 284 g/mol. The van der Waals surface area contributed by atoms with Crippen LogP contribution in [-0.4, -0.2) is 52.6 Å². The second-order valence-corrected chi connectivity index (χ2v) is 6.47. The molecule has 1 unspecified atom stereocenters. The number of aliphatic carboxylic acids is 1. The lowest BCUT2D eigenvalue weighted by Gasteiger charge is -2.44. The van der Waals surface area contributed by atoms with E-state index < -0.39 is 11.4 Å². The first-order valence-electron chi connectivity index (χ1n) is 7.46. The molecule has 1 N–H and O–H groups in total. The van der Waals surface area contributed by atoms with Crippen LogP contribution in [0.25, 0.3) is 0 Å². The van der Waals surface area contributed by atoms with Gasteiger partial charge in [0, 0.05) is 25.7 Å². The Balaban J connectivity index is 2.87. The van der Waals surface area contributed by atoms with E-state index >= 15 is 0 Å². The summed E-state index contributed by atoms with van der Waals surface area (Å²) in [6.07, 6.45) is 2.84. The minimum atomic E-state index is -0.782. The molecule has 0 aliphatic carbocycles. The van der Waals surface area contributed by atoms with E-state index in [0.717, 1.165) is 12.8 Å². The maximum atomic E-state index is 12.6. The highest BCUT2D eigenvalue weighted by atomic mass is 16.4. The van der Waals surface area contributed by atoms with Crippen LogP contribution in [0.2, 0.25) is 0 Å². The maximum Gasteiger partial charge on any atom is 0.320 e. The van der Waals surface area contributed by atoms with Gasteiger partial charge in [-0.1, -0.05) is 13.8 Å². The summed E-state index contributed by atoms with van der Waals surface area (Å²) in [7, 11) is 1.80. The molecule has 1 atom stereocenters. The van der Waals surface area contributed by atoms with Crippen LogP contribution in [0.15, 0.2) is 0 Å². The molecule has 5 nitrogen and oxygen atoms in total. The highest BCUT2D eigenvalue weighted by Crippen LogP contribution is 2.34. The molecule has 1 heterocycles. The SMILES string of the molecule is CCC1(C(=O)O)CCCN(C(=O)N(C)C(C)(C)CC)C1. The van der Waals surface area contributed by atoms with Crippen LogP contribution < -0.4 is 0 Å². The number of hydrogen-bond donors (Lipinski definition) is 1. The number of carboxylic acid groups (broad SMARTS) is 1. The third kappa shape index (κ3) is 3.07. The van der Waals surface area contributed by atoms with Gasteiger partial charge < -0.3 is 14.9 Å². The third-order valence-electron chi connectivity index (χ3n) is 5.04. The summed E-state index contributed by atoms with van der Waals surface area (Å²) in [5.74, 6) is -0.782. The molecule has 5 heteroatoms. The lowest BCUT2D eigenvalue weighted by atomic mass is 9.78. The second-order valence-electron chi connectivity index (χ2n) is 6.47. The Hall–Kier alpha value is -1.26. The molecule has 0 spiro atoms. The molecule has 0 aromatic rings. The van der Waals surface area contributed by atoms with Crippen LogP contribution >= 0.6 is 0 Å². The second kappa shape index (κ2) is 6.02. The summed E-state index contributed by atoms with van der Waals surface area (Å²) in [5, 5.41) is 9.48. The van der Waals surface area contributed by atoms with E-state index in [1.807, 2.05) is 27.7 Å². The summed E-state index contributed by atoms with van der Waals surface area (Å²) < 4.78 is 0. The molecule has 2 amide bonds. The lowest BCUT2D eigenvalue weighted by molar-refractivity contribution is -0.152. The van der Waals surface area contributed by atoms with Gasteiger partial charge in [-0.05, 0) is 39.5 Å². The van der Waals surface area contributed by atoms with Crippen LogP contribution in [0.4, 0.5) is 4.79 Å². The fourth-order valence-corrected chi connectivity index (χ4v) is 2.62. The monoisotopic (exact) mass is 284 g/mol. The Bertz CT molecular complexity index is 381. The van der Waals surface area contributed by atoms with E-state index in [4.69, 9.17) is 0 Å². The molecule has 1 aliphatic rings. The van der Waals surface area contributed by atoms with Gasteiger partial charge in [-0.25, -0.2) is 4.79 Å². The predicted octanol–water partition coefficient (Wildman–Crippen LogP) is 2.80. The van der Waals surface area contributed by atoms with Crippen LogP contribution in [-0.2, 0) is 4.79 Å². The van der Waals surface area contributed by atoms with Crippen LogP contribution in [0.5, 0.6) is 0 Å². The van der Waals surface area contributed by atoms with Gasteiger partial charge in [0.2, 0.25) is 0 Å². The van der Waals surface area contributed by atoms with E-state index in [1.54, 1.807) is 16.8 Å². The Morgan fingerprint density at radius 1 is 1.35 bits per heavy atom. The number of carbonyl (C=O) groups is 2. The van der Waals surface area contributed by atoms with Crippen LogP contribution in [0.1, 0.15) is 53.4 Å². The molecule has 0 bridgehead atoms. The summed E-state index contributed by atoms with van der Waals surface area (Å²) in [6, 6.07) is -0.0596. The number of rotatable bonds is 4. The topological polar surface area (TPSA) is 60.9 Å². The number of likely N-dealkylation sites (tertiary alicyclic amines) is 1. The number of amides is 2. The Morgan fingerprint density at radius 2 is 1.95 bits per heavy atom. The van der Waals surface area contributed by atoms with E-state index in [1.165, 1.54) is 0 Å². The van der Waals surface area contributed by atoms with Gasteiger partial charge in [0.1, 0.15) is 0 Å². The van der Waals surface area contributed by atoms with Gasteiger partial charge >= 0.3 is 12.0 Å². The Labute approximate surface area is 121 Å². The molecule has 116 valence electrons. The molecule has 1 rings (SSSR count). The van der Waals surface area contributed by atoms with Crippen molar-refractivity contribution >= 4 is 12.0 Å². The number of carboxylic acids is 1. The van der Waals surface area contributed by atoms with Gasteiger partial charge in [0.15, 0.2) is 0 Å². The van der Waals surface area contributed by atoms with E-state index in [2.05, 4.69) is 0 Å². The molecule has 20 heavy (non-hydrogen) atoms. The fraction of sp³-hybridized carbons (Fsp3) is 0.867. The van der Waals surface area contributed by atoms with Crippen molar-refractivity contribution in [3.8, 4) is 0 Å². The van der Waals surface area contributed by atoms with E-state index in [0.29, 0.717) is 25.9 Å². The van der Waals surface area contributed by atoms with Crippen molar-refractivity contribution in [1.29, 1.82) is 0 Å². The van der Waals surface area contributed by atoms with Crippen molar-refractivity contribution in [2.75, 3.05) is 20.1 Å². The molecule has 0 saturated carbocycles. The standard InChI is InChI=1S/C15H28N2O3/c1-6-14(3,4)16(5)13(20)17-10-8-9-15(7-2,11-17)12(18)19/h6-11H2,1-5H3,(H,18,19). The first kappa shape index (κ1) is 16.8. The minimum absolute atomic E-state index is 0.0596. The highest BCUT2D eigenvalue weighted by molar-refractivity contribution is 5.79. The minimum Gasteiger partial charge on any atom is -0.481 e. The van der Waals surface area contributed by atoms with E-state index in [9.17, 15) is 14.7 Å². The summed E-state index contributed by atoms with van der Waals surface area (Å²) in [6.45, 7) is 8.97. The molecule has 1 aliphatic heterocycles. The number of hydrogen-bond acceptors (Lipinski definition) is 2. The number of nitrogens with zero attached hydrogens (tertiary/aromatic N) is 2. The molecule has 0 aromatic heterocycles. The van der Waals surface area contributed by atoms with Gasteiger partial charge in [-0.3, -0.25) is 4.79 Å². The van der Waals surface area contributed by atoms with Gasteiger partial charge in [-0.2, -0.15) is 0 Å². The quantitative estimate of drug-likeness (QED) is 0.863. The highest BCUT2D eigenvalue weighted by Gasteiger charge is 2.43. The molecule has 0 aromatic carbocycles. The first-order valence-corrected chi connectivity index (χ1v) is 7.46. The largest absolute Gasteiger partial charge is 0.481 e. The van der Waals surface area contributed by atoms with Crippen molar-refractivity contribution in [2.45, 2.75) is 58.9 Å². The van der Waals surface area contributed by atoms with Crippen molar-refractivity contribution in [3.63, 3.8) is 0 Å². The summed E-state index contributed by atoms with van der Waals surface area (Å²) in [4.78, 5) is 27.6. The van der Waals surface area contributed by atoms with Crippen LogP contribution in [0, 0.1) is 5.41 Å². The summed E-state index contributed by atoms with van der Waals surface area (Å²) in [5.41, 5.74) is -0.988. The van der Waals surface area contributed by atoms with E-state index in [-0.39, 0.29) is 11.6 Å². The zero-order valence-electron chi connectivity index (χ0n) is 13.4. The smallest absolute Gasteiger partial charge is 0.320 e. The first-order chi connectivity index (χ1) is 9.20. The predicted molar refractivity (Wildman–Crippen MR) is 78.7 cm³/mol. The number of urea groups is 1. The lowest BCUT2D eigenvalue weighted by Crippen LogP contribution is -2.56. The van der Waals surface area contributed by atoms with Crippen LogP contribution in [0.3, 0.4) is 0 Å².